The number of carbonyl (C=O) groups is 1. The third-order valence-electron chi connectivity index (χ3n) is 2.89. The molecule has 1 rings (SSSR count). The van der Waals surface area contributed by atoms with E-state index in [9.17, 15) is 4.79 Å². The Labute approximate surface area is 85.1 Å². The van der Waals surface area contributed by atoms with Crippen LogP contribution in [0, 0.1) is 18.3 Å². The Balaban J connectivity index is 2.58. The fraction of sp³-hybridized carbons (Fsp3) is 0.727. The lowest BCUT2D eigenvalue weighted by Gasteiger charge is -2.28. The first kappa shape index (κ1) is 10.9. The summed E-state index contributed by atoms with van der Waals surface area (Å²) < 4.78 is 0. The van der Waals surface area contributed by atoms with Crippen molar-refractivity contribution in [2.45, 2.75) is 38.6 Å². The topological polar surface area (TPSA) is 40.5 Å². The van der Waals surface area contributed by atoms with Crippen LogP contribution < -0.4 is 0 Å². The van der Waals surface area contributed by atoms with E-state index in [1.165, 1.54) is 4.90 Å². The quantitative estimate of drug-likeness (QED) is 0.686. The summed E-state index contributed by atoms with van der Waals surface area (Å²) in [5, 5.41) is 8.98. The number of rotatable bonds is 2. The summed E-state index contributed by atoms with van der Waals surface area (Å²) in [6.07, 6.45) is 6.96. The lowest BCUT2D eigenvalue weighted by atomic mass is 9.93. The monoisotopic (exact) mass is 195 g/mol. The summed E-state index contributed by atoms with van der Waals surface area (Å²) in [5.74, 6) is 3.03. The van der Waals surface area contributed by atoms with Gasteiger partial charge in [-0.3, -0.25) is 0 Å². The van der Waals surface area contributed by atoms with E-state index in [4.69, 9.17) is 11.5 Å². The number of terminal acetylenes is 1. The van der Waals surface area contributed by atoms with Crippen LogP contribution in [-0.4, -0.2) is 28.2 Å². The van der Waals surface area contributed by atoms with Crippen LogP contribution in [-0.2, 0) is 0 Å². The highest BCUT2D eigenvalue weighted by atomic mass is 16.4. The minimum absolute atomic E-state index is 0.231. The molecule has 0 radical (unpaired) electrons. The molecule has 1 saturated heterocycles. The van der Waals surface area contributed by atoms with Crippen LogP contribution in [0.3, 0.4) is 0 Å². The van der Waals surface area contributed by atoms with E-state index in [-0.39, 0.29) is 5.54 Å². The molecule has 0 aromatic rings. The first-order chi connectivity index (χ1) is 6.47. The minimum atomic E-state index is -0.821. The number of carboxylic acid groups (broad SMARTS) is 1. The molecule has 0 spiro atoms. The van der Waals surface area contributed by atoms with Gasteiger partial charge < -0.3 is 10.0 Å². The second kappa shape index (κ2) is 3.91. The van der Waals surface area contributed by atoms with Crippen molar-refractivity contribution >= 4 is 6.09 Å². The summed E-state index contributed by atoms with van der Waals surface area (Å²) >= 11 is 0. The van der Waals surface area contributed by atoms with E-state index in [1.807, 2.05) is 13.8 Å². The first-order valence-electron chi connectivity index (χ1n) is 4.91. The molecule has 3 heteroatoms. The second-order valence-electron chi connectivity index (χ2n) is 4.52. The molecule has 78 valence electrons. The Bertz CT molecular complexity index is 265. The largest absolute Gasteiger partial charge is 0.465 e. The number of hydrogen-bond donors (Lipinski definition) is 1. The first-order valence-corrected chi connectivity index (χ1v) is 4.91. The summed E-state index contributed by atoms with van der Waals surface area (Å²) in [6.45, 7) is 4.57. The maximum atomic E-state index is 10.9. The maximum absolute atomic E-state index is 10.9. The molecule has 1 atom stereocenters. The molecule has 0 aromatic heterocycles. The normalized spacial score (nSPS) is 24.6. The van der Waals surface area contributed by atoms with Gasteiger partial charge in [-0.25, -0.2) is 4.79 Å². The standard InChI is InChI=1S/C11H17NO2/c1-4-5-6-9-7-11(2,3)12(8-9)10(13)14/h1,9H,5-8H2,2-3H3,(H,13,14)/t9-/m0/s1. The number of likely N-dealkylation sites (tertiary alicyclic amines) is 1. The number of amides is 1. The third kappa shape index (κ3) is 2.20. The van der Waals surface area contributed by atoms with E-state index >= 15 is 0 Å². The van der Waals surface area contributed by atoms with Gasteiger partial charge in [0.1, 0.15) is 0 Å². The van der Waals surface area contributed by atoms with Crippen LogP contribution in [0.15, 0.2) is 0 Å². The van der Waals surface area contributed by atoms with Crippen molar-refractivity contribution in [1.82, 2.24) is 4.90 Å². The van der Waals surface area contributed by atoms with Crippen molar-refractivity contribution < 1.29 is 9.90 Å². The van der Waals surface area contributed by atoms with Gasteiger partial charge in [0.2, 0.25) is 0 Å². The molecular weight excluding hydrogens is 178 g/mol. The van der Waals surface area contributed by atoms with Gasteiger partial charge in [-0.2, -0.15) is 0 Å². The Morgan fingerprint density at radius 2 is 2.36 bits per heavy atom. The average molecular weight is 195 g/mol. The Morgan fingerprint density at radius 3 is 2.79 bits per heavy atom. The van der Waals surface area contributed by atoms with Crippen molar-refractivity contribution in [3.05, 3.63) is 0 Å². The van der Waals surface area contributed by atoms with Crippen LogP contribution in [0.1, 0.15) is 33.1 Å². The molecule has 1 amide bonds. The highest BCUT2D eigenvalue weighted by molar-refractivity contribution is 5.66. The zero-order valence-electron chi connectivity index (χ0n) is 8.79. The molecule has 0 unspecified atom stereocenters. The number of nitrogens with zero attached hydrogens (tertiary/aromatic N) is 1. The van der Waals surface area contributed by atoms with Gasteiger partial charge in [-0.15, -0.1) is 12.3 Å². The van der Waals surface area contributed by atoms with E-state index in [2.05, 4.69) is 5.92 Å². The highest BCUT2D eigenvalue weighted by Gasteiger charge is 2.40. The predicted molar refractivity (Wildman–Crippen MR) is 55.0 cm³/mol. The van der Waals surface area contributed by atoms with E-state index < -0.39 is 6.09 Å². The molecule has 0 saturated carbocycles. The molecule has 1 heterocycles. The van der Waals surface area contributed by atoms with Crippen LogP contribution in [0.2, 0.25) is 0 Å². The van der Waals surface area contributed by atoms with E-state index in [0.717, 1.165) is 19.3 Å². The summed E-state index contributed by atoms with van der Waals surface area (Å²) in [6, 6.07) is 0. The van der Waals surface area contributed by atoms with Gasteiger partial charge in [-0.05, 0) is 32.6 Å². The van der Waals surface area contributed by atoms with Gasteiger partial charge in [0.25, 0.3) is 0 Å². The fourth-order valence-corrected chi connectivity index (χ4v) is 2.20. The lowest BCUT2D eigenvalue weighted by Crippen LogP contribution is -2.41. The predicted octanol–water partition coefficient (Wildman–Crippen LogP) is 2.18. The molecule has 14 heavy (non-hydrogen) atoms. The molecule has 0 bridgehead atoms. The smallest absolute Gasteiger partial charge is 0.407 e. The van der Waals surface area contributed by atoms with Gasteiger partial charge in [0, 0.05) is 18.5 Å². The lowest BCUT2D eigenvalue weighted by molar-refractivity contribution is 0.117. The van der Waals surface area contributed by atoms with Crippen molar-refractivity contribution in [2.24, 2.45) is 5.92 Å². The third-order valence-corrected chi connectivity index (χ3v) is 2.89. The Kier molecular flexibility index (Phi) is 3.05. The van der Waals surface area contributed by atoms with Crippen molar-refractivity contribution in [2.75, 3.05) is 6.54 Å². The average Bonchev–Trinajstić information content (AvgIpc) is 2.37. The van der Waals surface area contributed by atoms with Gasteiger partial charge >= 0.3 is 6.09 Å². The molecule has 1 aliphatic heterocycles. The van der Waals surface area contributed by atoms with Crippen molar-refractivity contribution in [3.8, 4) is 12.3 Å². The summed E-state index contributed by atoms with van der Waals surface area (Å²) in [5.41, 5.74) is -0.231. The van der Waals surface area contributed by atoms with Gasteiger partial charge in [-0.1, -0.05) is 0 Å². The minimum Gasteiger partial charge on any atom is -0.465 e. The molecule has 3 nitrogen and oxygen atoms in total. The zero-order valence-corrected chi connectivity index (χ0v) is 8.79. The summed E-state index contributed by atoms with van der Waals surface area (Å²) in [7, 11) is 0. The second-order valence-corrected chi connectivity index (χ2v) is 4.52. The SMILES string of the molecule is C#CCC[C@@H]1CN(C(=O)O)C(C)(C)C1. The summed E-state index contributed by atoms with van der Waals surface area (Å²) in [4.78, 5) is 12.4. The Morgan fingerprint density at radius 1 is 1.71 bits per heavy atom. The molecular formula is C11H17NO2. The van der Waals surface area contributed by atoms with Crippen LogP contribution in [0.5, 0.6) is 0 Å². The van der Waals surface area contributed by atoms with Gasteiger partial charge in [0.15, 0.2) is 0 Å². The molecule has 1 aliphatic rings. The molecule has 1 N–H and O–H groups in total. The van der Waals surface area contributed by atoms with E-state index in [1.54, 1.807) is 0 Å². The highest BCUT2D eigenvalue weighted by Crippen LogP contribution is 2.34. The van der Waals surface area contributed by atoms with Crippen molar-refractivity contribution in [3.63, 3.8) is 0 Å². The van der Waals surface area contributed by atoms with E-state index in [0.29, 0.717) is 12.5 Å². The molecule has 0 aromatic carbocycles. The van der Waals surface area contributed by atoms with Crippen LogP contribution in [0.4, 0.5) is 4.79 Å². The fourth-order valence-electron chi connectivity index (χ4n) is 2.20. The number of hydrogen-bond acceptors (Lipinski definition) is 1. The van der Waals surface area contributed by atoms with Gasteiger partial charge in [0.05, 0.1) is 0 Å². The zero-order chi connectivity index (χ0) is 10.8. The molecule has 1 fully saturated rings. The maximum Gasteiger partial charge on any atom is 0.407 e. The molecule has 0 aliphatic carbocycles. The van der Waals surface area contributed by atoms with Crippen molar-refractivity contribution in [1.29, 1.82) is 0 Å². The van der Waals surface area contributed by atoms with Crippen LogP contribution in [0.25, 0.3) is 0 Å². The van der Waals surface area contributed by atoms with Crippen LogP contribution >= 0.6 is 0 Å². The Hall–Kier alpha value is -1.17.